The van der Waals surface area contributed by atoms with Crippen LogP contribution in [0.3, 0.4) is 0 Å². The standard InChI is InChI=1S/C12H15ClN2O2/c1-8-4-6-14-10(13)9(8)15-11(16)12(2)5-3-7-17-12/h4,6H,3,5,7H2,1-2H3,(H,15,16). The average molecular weight is 255 g/mol. The van der Waals surface area contributed by atoms with Gasteiger partial charge < -0.3 is 10.1 Å². The topological polar surface area (TPSA) is 51.2 Å². The maximum Gasteiger partial charge on any atom is 0.256 e. The molecule has 1 aromatic heterocycles. The molecule has 0 radical (unpaired) electrons. The molecule has 4 nitrogen and oxygen atoms in total. The van der Waals surface area contributed by atoms with E-state index >= 15 is 0 Å². The summed E-state index contributed by atoms with van der Waals surface area (Å²) in [6.07, 6.45) is 3.25. The van der Waals surface area contributed by atoms with Crippen LogP contribution in [0.25, 0.3) is 0 Å². The maximum atomic E-state index is 12.1. The minimum absolute atomic E-state index is 0.159. The summed E-state index contributed by atoms with van der Waals surface area (Å²) in [6, 6.07) is 1.80. The highest BCUT2D eigenvalue weighted by atomic mass is 35.5. The van der Waals surface area contributed by atoms with E-state index in [1.165, 1.54) is 0 Å². The van der Waals surface area contributed by atoms with E-state index in [4.69, 9.17) is 16.3 Å². The molecule has 2 rings (SSSR count). The van der Waals surface area contributed by atoms with Gasteiger partial charge >= 0.3 is 0 Å². The number of rotatable bonds is 2. The van der Waals surface area contributed by atoms with Crippen molar-refractivity contribution in [2.75, 3.05) is 11.9 Å². The van der Waals surface area contributed by atoms with Crippen LogP contribution in [0.2, 0.25) is 5.15 Å². The Labute approximate surface area is 105 Å². The van der Waals surface area contributed by atoms with Gasteiger partial charge in [0, 0.05) is 12.8 Å². The van der Waals surface area contributed by atoms with Crippen LogP contribution in [0.5, 0.6) is 0 Å². The molecule has 1 aliphatic rings. The smallest absolute Gasteiger partial charge is 0.256 e. The van der Waals surface area contributed by atoms with Crippen LogP contribution in [-0.4, -0.2) is 23.1 Å². The molecule has 1 atom stereocenters. The lowest BCUT2D eigenvalue weighted by Gasteiger charge is -2.22. The van der Waals surface area contributed by atoms with Crippen molar-refractivity contribution in [3.63, 3.8) is 0 Å². The highest BCUT2D eigenvalue weighted by Gasteiger charge is 2.38. The van der Waals surface area contributed by atoms with Crippen LogP contribution in [-0.2, 0) is 9.53 Å². The predicted molar refractivity (Wildman–Crippen MR) is 66.2 cm³/mol. The SMILES string of the molecule is Cc1ccnc(Cl)c1NC(=O)C1(C)CCCO1. The van der Waals surface area contributed by atoms with Gasteiger partial charge in [0.15, 0.2) is 5.15 Å². The van der Waals surface area contributed by atoms with Gasteiger partial charge in [-0.15, -0.1) is 0 Å². The first-order chi connectivity index (χ1) is 8.03. The van der Waals surface area contributed by atoms with Crippen molar-refractivity contribution in [3.8, 4) is 0 Å². The molecule has 0 saturated carbocycles. The van der Waals surface area contributed by atoms with Crippen LogP contribution in [0.1, 0.15) is 25.3 Å². The Kier molecular flexibility index (Phi) is 3.35. The lowest BCUT2D eigenvalue weighted by Crippen LogP contribution is -2.39. The highest BCUT2D eigenvalue weighted by molar-refractivity contribution is 6.32. The summed E-state index contributed by atoms with van der Waals surface area (Å²) in [5.41, 5.74) is 0.710. The van der Waals surface area contributed by atoms with Gasteiger partial charge in [-0.25, -0.2) is 4.98 Å². The summed E-state index contributed by atoms with van der Waals surface area (Å²) < 4.78 is 5.48. The molecule has 0 spiro atoms. The van der Waals surface area contributed by atoms with Crippen molar-refractivity contribution in [2.24, 2.45) is 0 Å². The number of ether oxygens (including phenoxy) is 1. The number of anilines is 1. The molecule has 1 fully saturated rings. The fraction of sp³-hybridized carbons (Fsp3) is 0.500. The van der Waals surface area contributed by atoms with E-state index in [-0.39, 0.29) is 5.91 Å². The molecule has 1 amide bonds. The van der Waals surface area contributed by atoms with Gasteiger partial charge in [-0.05, 0) is 38.3 Å². The van der Waals surface area contributed by atoms with Crippen molar-refractivity contribution in [1.29, 1.82) is 0 Å². The predicted octanol–water partition coefficient (Wildman–Crippen LogP) is 2.55. The van der Waals surface area contributed by atoms with E-state index in [2.05, 4.69) is 10.3 Å². The van der Waals surface area contributed by atoms with Crippen molar-refractivity contribution >= 4 is 23.2 Å². The van der Waals surface area contributed by atoms with Crippen LogP contribution in [0, 0.1) is 6.92 Å². The first-order valence-corrected chi connectivity index (χ1v) is 5.97. The number of aromatic nitrogens is 1. The number of halogens is 1. The quantitative estimate of drug-likeness (QED) is 0.826. The Morgan fingerprint density at radius 3 is 3.00 bits per heavy atom. The molecule has 17 heavy (non-hydrogen) atoms. The van der Waals surface area contributed by atoms with Gasteiger partial charge in [-0.3, -0.25) is 4.79 Å². The van der Waals surface area contributed by atoms with Gasteiger partial charge in [0.1, 0.15) is 5.60 Å². The van der Waals surface area contributed by atoms with E-state index < -0.39 is 5.60 Å². The van der Waals surface area contributed by atoms with Gasteiger partial charge in [0.05, 0.1) is 5.69 Å². The van der Waals surface area contributed by atoms with Crippen molar-refractivity contribution in [1.82, 2.24) is 4.98 Å². The molecule has 1 aromatic rings. The second-order valence-corrected chi connectivity index (χ2v) is 4.79. The molecular formula is C12H15ClN2O2. The zero-order valence-electron chi connectivity index (χ0n) is 9.92. The van der Waals surface area contributed by atoms with Crippen molar-refractivity contribution in [3.05, 3.63) is 23.0 Å². The lowest BCUT2D eigenvalue weighted by atomic mass is 10.0. The number of pyridine rings is 1. The Hall–Kier alpha value is -1.13. The molecular weight excluding hydrogens is 240 g/mol. The Morgan fingerprint density at radius 2 is 2.41 bits per heavy atom. The molecule has 1 saturated heterocycles. The fourth-order valence-corrected chi connectivity index (χ4v) is 2.13. The van der Waals surface area contributed by atoms with Gasteiger partial charge in [-0.1, -0.05) is 11.6 Å². The molecule has 0 aromatic carbocycles. The van der Waals surface area contributed by atoms with E-state index in [0.717, 1.165) is 18.4 Å². The van der Waals surface area contributed by atoms with E-state index in [0.29, 0.717) is 17.4 Å². The van der Waals surface area contributed by atoms with Crippen LogP contribution in [0.4, 0.5) is 5.69 Å². The summed E-state index contributed by atoms with van der Waals surface area (Å²) in [6.45, 7) is 4.31. The molecule has 0 aliphatic carbocycles. The zero-order chi connectivity index (χ0) is 12.5. The first-order valence-electron chi connectivity index (χ1n) is 5.59. The molecule has 2 heterocycles. The third-order valence-corrected chi connectivity index (χ3v) is 3.34. The number of amides is 1. The van der Waals surface area contributed by atoms with Gasteiger partial charge in [-0.2, -0.15) is 0 Å². The third kappa shape index (κ3) is 2.42. The Balaban J connectivity index is 2.18. The molecule has 1 N–H and O–H groups in total. The first kappa shape index (κ1) is 12.3. The van der Waals surface area contributed by atoms with Crippen LogP contribution in [0.15, 0.2) is 12.3 Å². The van der Waals surface area contributed by atoms with Crippen LogP contribution < -0.4 is 5.32 Å². The number of nitrogens with zero attached hydrogens (tertiary/aromatic N) is 1. The highest BCUT2D eigenvalue weighted by Crippen LogP contribution is 2.29. The van der Waals surface area contributed by atoms with E-state index in [9.17, 15) is 4.79 Å². The fourth-order valence-electron chi connectivity index (χ4n) is 1.88. The summed E-state index contributed by atoms with van der Waals surface area (Å²) in [4.78, 5) is 16.1. The number of hydrogen-bond acceptors (Lipinski definition) is 3. The summed E-state index contributed by atoms with van der Waals surface area (Å²) in [5, 5.41) is 3.11. The maximum absolute atomic E-state index is 12.1. The molecule has 1 unspecified atom stereocenters. The second kappa shape index (κ2) is 4.63. The number of hydrogen-bond donors (Lipinski definition) is 1. The molecule has 92 valence electrons. The second-order valence-electron chi connectivity index (χ2n) is 4.43. The number of aryl methyl sites for hydroxylation is 1. The number of nitrogens with one attached hydrogen (secondary N) is 1. The molecule has 0 bridgehead atoms. The summed E-state index contributed by atoms with van der Waals surface area (Å²) >= 11 is 5.96. The normalized spacial score (nSPS) is 23.7. The average Bonchev–Trinajstić information content (AvgIpc) is 2.72. The summed E-state index contributed by atoms with van der Waals surface area (Å²) in [5.74, 6) is -0.159. The monoisotopic (exact) mass is 254 g/mol. The van der Waals surface area contributed by atoms with Gasteiger partial charge in [0.2, 0.25) is 0 Å². The Bertz CT molecular complexity index is 422. The molecule has 5 heteroatoms. The Morgan fingerprint density at radius 1 is 1.65 bits per heavy atom. The van der Waals surface area contributed by atoms with Crippen molar-refractivity contribution < 1.29 is 9.53 Å². The zero-order valence-corrected chi connectivity index (χ0v) is 10.7. The van der Waals surface area contributed by atoms with E-state index in [1.54, 1.807) is 19.2 Å². The minimum Gasteiger partial charge on any atom is -0.365 e. The van der Waals surface area contributed by atoms with Crippen LogP contribution >= 0.6 is 11.6 Å². The third-order valence-electron chi connectivity index (χ3n) is 3.05. The van der Waals surface area contributed by atoms with E-state index in [1.807, 2.05) is 6.92 Å². The number of carbonyl (C=O) groups is 1. The number of carbonyl (C=O) groups excluding carboxylic acids is 1. The minimum atomic E-state index is -0.744. The summed E-state index contributed by atoms with van der Waals surface area (Å²) in [7, 11) is 0. The largest absolute Gasteiger partial charge is 0.365 e. The van der Waals surface area contributed by atoms with Crippen molar-refractivity contribution in [2.45, 2.75) is 32.3 Å². The molecule has 1 aliphatic heterocycles. The lowest BCUT2D eigenvalue weighted by molar-refractivity contribution is -0.133. The van der Waals surface area contributed by atoms with Gasteiger partial charge in [0.25, 0.3) is 5.91 Å².